The molecule has 0 aliphatic rings. The zero-order valence-corrected chi connectivity index (χ0v) is 18.0. The molecular formula is C23H23N5OS. The van der Waals surface area contributed by atoms with E-state index in [1.54, 1.807) is 4.68 Å². The number of hydrogen-bond acceptors (Lipinski definition) is 5. The molecule has 6 nitrogen and oxygen atoms in total. The van der Waals surface area contributed by atoms with Gasteiger partial charge in [-0.3, -0.25) is 4.79 Å². The first-order valence-electron chi connectivity index (χ1n) is 9.78. The molecule has 0 aliphatic heterocycles. The maximum absolute atomic E-state index is 12.5. The lowest BCUT2D eigenvalue weighted by atomic mass is 10.0. The number of aromatic nitrogens is 4. The number of benzene rings is 3. The Morgan fingerprint density at radius 3 is 2.67 bits per heavy atom. The minimum absolute atomic E-state index is 0.0594. The molecule has 152 valence electrons. The van der Waals surface area contributed by atoms with Gasteiger partial charge in [0.25, 0.3) is 0 Å². The summed E-state index contributed by atoms with van der Waals surface area (Å²) in [4.78, 5) is 12.5. The molecule has 0 aliphatic carbocycles. The molecular weight excluding hydrogens is 394 g/mol. The summed E-state index contributed by atoms with van der Waals surface area (Å²) < 4.78 is 1.68. The fourth-order valence-electron chi connectivity index (χ4n) is 3.44. The molecule has 30 heavy (non-hydrogen) atoms. The Labute approximate surface area is 179 Å². The Morgan fingerprint density at radius 2 is 1.87 bits per heavy atom. The van der Waals surface area contributed by atoms with Crippen LogP contribution < -0.4 is 5.32 Å². The average Bonchev–Trinajstić information content (AvgIpc) is 3.20. The van der Waals surface area contributed by atoms with Gasteiger partial charge in [0, 0.05) is 0 Å². The fourth-order valence-corrected chi connectivity index (χ4v) is 4.13. The number of fused-ring (bicyclic) bond motifs is 1. The van der Waals surface area contributed by atoms with Gasteiger partial charge in [-0.1, -0.05) is 65.9 Å². The van der Waals surface area contributed by atoms with E-state index in [2.05, 4.69) is 57.2 Å². The molecule has 1 amide bonds. The quantitative estimate of drug-likeness (QED) is 0.471. The van der Waals surface area contributed by atoms with Crippen LogP contribution in [0.1, 0.15) is 29.7 Å². The summed E-state index contributed by atoms with van der Waals surface area (Å²) in [6.07, 6.45) is 0. The molecule has 1 unspecified atom stereocenters. The Morgan fingerprint density at radius 1 is 1.07 bits per heavy atom. The van der Waals surface area contributed by atoms with Gasteiger partial charge in [0.15, 0.2) is 0 Å². The average molecular weight is 418 g/mol. The van der Waals surface area contributed by atoms with Crippen molar-refractivity contribution in [1.82, 2.24) is 25.5 Å². The number of carbonyl (C=O) groups is 1. The second kappa shape index (κ2) is 8.67. The van der Waals surface area contributed by atoms with Crippen molar-refractivity contribution in [3.05, 3.63) is 77.4 Å². The Balaban J connectivity index is 1.41. The van der Waals surface area contributed by atoms with E-state index in [0.29, 0.717) is 5.16 Å². The number of tetrazole rings is 1. The monoisotopic (exact) mass is 417 g/mol. The number of amides is 1. The fraction of sp³-hybridized carbons (Fsp3) is 0.217. The number of aryl methyl sites for hydroxylation is 2. The number of nitrogens with zero attached hydrogens (tertiary/aromatic N) is 4. The van der Waals surface area contributed by atoms with Crippen LogP contribution in [0.5, 0.6) is 0 Å². The first kappa shape index (κ1) is 20.1. The van der Waals surface area contributed by atoms with Crippen molar-refractivity contribution < 1.29 is 4.79 Å². The molecule has 1 N–H and O–H groups in total. The molecule has 1 atom stereocenters. The van der Waals surface area contributed by atoms with E-state index in [1.807, 2.05) is 45.0 Å². The van der Waals surface area contributed by atoms with Crippen LogP contribution in [-0.2, 0) is 4.79 Å². The van der Waals surface area contributed by atoms with E-state index in [1.165, 1.54) is 22.7 Å². The molecule has 0 fully saturated rings. The number of carbonyl (C=O) groups excluding carboxylic acids is 1. The topological polar surface area (TPSA) is 72.7 Å². The van der Waals surface area contributed by atoms with E-state index >= 15 is 0 Å². The van der Waals surface area contributed by atoms with Gasteiger partial charge in [-0.2, -0.15) is 4.68 Å². The molecule has 7 heteroatoms. The number of nitrogens with one attached hydrogen (secondary N) is 1. The Hall–Kier alpha value is -3.19. The van der Waals surface area contributed by atoms with E-state index in [4.69, 9.17) is 0 Å². The summed E-state index contributed by atoms with van der Waals surface area (Å²) in [5, 5.41) is 18.0. The third-order valence-corrected chi connectivity index (χ3v) is 5.92. The first-order chi connectivity index (χ1) is 14.5. The molecule has 0 bridgehead atoms. The molecule has 4 aromatic rings. The normalized spacial score (nSPS) is 12.1. The number of rotatable bonds is 6. The van der Waals surface area contributed by atoms with Gasteiger partial charge in [-0.15, -0.1) is 5.10 Å². The summed E-state index contributed by atoms with van der Waals surface area (Å²) >= 11 is 1.32. The summed E-state index contributed by atoms with van der Waals surface area (Å²) in [5.74, 6) is 0.180. The zero-order valence-electron chi connectivity index (χ0n) is 17.2. The minimum Gasteiger partial charge on any atom is -0.349 e. The molecule has 1 aromatic heterocycles. The Bertz CT molecular complexity index is 1200. The van der Waals surface area contributed by atoms with Crippen molar-refractivity contribution >= 4 is 28.4 Å². The highest BCUT2D eigenvalue weighted by molar-refractivity contribution is 7.99. The van der Waals surface area contributed by atoms with Crippen molar-refractivity contribution in [2.75, 3.05) is 5.75 Å². The highest BCUT2D eigenvalue weighted by atomic mass is 32.2. The summed E-state index contributed by atoms with van der Waals surface area (Å²) in [6.45, 7) is 6.07. The van der Waals surface area contributed by atoms with Gasteiger partial charge in [0.05, 0.1) is 17.5 Å². The molecule has 4 rings (SSSR count). The van der Waals surface area contributed by atoms with Gasteiger partial charge < -0.3 is 5.32 Å². The third kappa shape index (κ3) is 4.36. The van der Waals surface area contributed by atoms with Crippen LogP contribution in [0.15, 0.2) is 65.8 Å². The van der Waals surface area contributed by atoms with E-state index in [9.17, 15) is 4.79 Å². The second-order valence-electron chi connectivity index (χ2n) is 7.35. The van der Waals surface area contributed by atoms with Crippen LogP contribution in [0.3, 0.4) is 0 Å². The van der Waals surface area contributed by atoms with Crippen LogP contribution in [0.2, 0.25) is 0 Å². The second-order valence-corrected chi connectivity index (χ2v) is 8.29. The lowest BCUT2D eigenvalue weighted by Gasteiger charge is -2.15. The standard InChI is InChI=1S/C23H23N5OS/c1-15-8-11-21(16(2)12-15)28-23(25-26-27-28)30-14-22(29)24-17(3)19-10-9-18-6-4-5-7-20(18)13-19/h4-13,17H,14H2,1-3H3,(H,24,29). The van der Waals surface area contributed by atoms with Crippen LogP contribution in [-0.4, -0.2) is 31.9 Å². The van der Waals surface area contributed by atoms with Gasteiger partial charge in [-0.05, 0) is 65.2 Å². The number of hydrogen-bond donors (Lipinski definition) is 1. The van der Waals surface area contributed by atoms with Crippen molar-refractivity contribution in [3.8, 4) is 5.69 Å². The smallest absolute Gasteiger partial charge is 0.230 e. The highest BCUT2D eigenvalue weighted by Gasteiger charge is 2.15. The third-order valence-electron chi connectivity index (χ3n) is 5.00. The highest BCUT2D eigenvalue weighted by Crippen LogP contribution is 2.23. The summed E-state index contributed by atoms with van der Waals surface area (Å²) in [5.41, 5.74) is 4.25. The van der Waals surface area contributed by atoms with Crippen molar-refractivity contribution in [2.24, 2.45) is 0 Å². The van der Waals surface area contributed by atoms with E-state index in [-0.39, 0.29) is 17.7 Å². The molecule has 0 radical (unpaired) electrons. The number of thioether (sulfide) groups is 1. The summed E-state index contributed by atoms with van der Waals surface area (Å²) in [6, 6.07) is 20.5. The largest absolute Gasteiger partial charge is 0.349 e. The summed E-state index contributed by atoms with van der Waals surface area (Å²) in [7, 11) is 0. The molecule has 1 heterocycles. The predicted molar refractivity (Wildman–Crippen MR) is 120 cm³/mol. The predicted octanol–water partition coefficient (Wildman–Crippen LogP) is 4.40. The maximum Gasteiger partial charge on any atom is 0.230 e. The molecule has 3 aromatic carbocycles. The van der Waals surface area contributed by atoms with Crippen LogP contribution in [0, 0.1) is 13.8 Å². The van der Waals surface area contributed by atoms with Gasteiger partial charge >= 0.3 is 0 Å². The lowest BCUT2D eigenvalue weighted by Crippen LogP contribution is -2.28. The minimum atomic E-state index is -0.0851. The van der Waals surface area contributed by atoms with Gasteiger partial charge in [0.1, 0.15) is 0 Å². The van der Waals surface area contributed by atoms with E-state index < -0.39 is 0 Å². The SMILES string of the molecule is Cc1ccc(-n2nnnc2SCC(=O)NC(C)c2ccc3ccccc3c2)c(C)c1. The van der Waals surface area contributed by atoms with Crippen LogP contribution in [0.25, 0.3) is 16.5 Å². The van der Waals surface area contributed by atoms with Crippen LogP contribution in [0.4, 0.5) is 0 Å². The van der Waals surface area contributed by atoms with Crippen molar-refractivity contribution in [2.45, 2.75) is 32.0 Å². The van der Waals surface area contributed by atoms with E-state index in [0.717, 1.165) is 22.2 Å². The lowest BCUT2D eigenvalue weighted by molar-refractivity contribution is -0.119. The van der Waals surface area contributed by atoms with Gasteiger partial charge in [-0.25, -0.2) is 0 Å². The molecule has 0 saturated heterocycles. The maximum atomic E-state index is 12.5. The van der Waals surface area contributed by atoms with Gasteiger partial charge in [0.2, 0.25) is 11.1 Å². The van der Waals surface area contributed by atoms with Crippen LogP contribution >= 0.6 is 11.8 Å². The van der Waals surface area contributed by atoms with Crippen molar-refractivity contribution in [3.63, 3.8) is 0 Å². The van der Waals surface area contributed by atoms with Crippen molar-refractivity contribution in [1.29, 1.82) is 0 Å². The Kier molecular flexibility index (Phi) is 5.81. The first-order valence-corrected chi connectivity index (χ1v) is 10.8. The molecule has 0 saturated carbocycles. The zero-order chi connectivity index (χ0) is 21.1. The molecule has 0 spiro atoms.